The Morgan fingerprint density at radius 1 is 1.17 bits per heavy atom. The molecule has 1 heterocycles. The first-order chi connectivity index (χ1) is 14.3. The van der Waals surface area contributed by atoms with Gasteiger partial charge in [0.15, 0.2) is 5.11 Å². The van der Waals surface area contributed by atoms with E-state index < -0.39 is 6.04 Å². The number of carbonyl (C=O) groups is 2. The summed E-state index contributed by atoms with van der Waals surface area (Å²) < 4.78 is 5.15. The number of thiocarbonyl (C=S) groups is 1. The van der Waals surface area contributed by atoms with Crippen molar-refractivity contribution >= 4 is 29.1 Å². The van der Waals surface area contributed by atoms with E-state index in [2.05, 4.69) is 20.9 Å². The first kappa shape index (κ1) is 23.9. The van der Waals surface area contributed by atoms with Gasteiger partial charge in [-0.2, -0.15) is 0 Å². The van der Waals surface area contributed by atoms with Crippen LogP contribution in [-0.2, 0) is 4.79 Å². The Kier molecular flexibility index (Phi) is 9.36. The lowest BCUT2D eigenvalue weighted by Gasteiger charge is -2.37. The summed E-state index contributed by atoms with van der Waals surface area (Å²) in [6, 6.07) is 6.31. The van der Waals surface area contributed by atoms with Crippen LogP contribution in [-0.4, -0.2) is 61.2 Å². The molecule has 0 bridgehead atoms. The molecule has 0 radical (unpaired) electrons. The number of carbonyl (C=O) groups excluding carboxylic acids is 2. The van der Waals surface area contributed by atoms with Gasteiger partial charge in [-0.15, -0.1) is 0 Å². The molecule has 0 spiro atoms. The van der Waals surface area contributed by atoms with E-state index >= 15 is 0 Å². The van der Waals surface area contributed by atoms with Gasteiger partial charge in [-0.05, 0) is 68.1 Å². The lowest BCUT2D eigenvalue weighted by atomic mass is 9.88. The van der Waals surface area contributed by atoms with E-state index in [4.69, 9.17) is 17.0 Å². The standard InChI is InChI=1S/C22H34N4O3S/c1-5-23-22(30)26-12-10-16(11-13-26)19(21(28)24-14-15(2)3)25-20(27)17-6-8-18(29-4)9-7-17/h6-9,15-16,19H,5,10-14H2,1-4H3,(H,23,30)(H,24,28)(H,25,27)/t19-/m1/s1. The molecule has 0 aromatic heterocycles. The van der Waals surface area contributed by atoms with E-state index in [1.165, 1.54) is 0 Å². The molecule has 0 saturated carbocycles. The lowest BCUT2D eigenvalue weighted by molar-refractivity contribution is -0.124. The maximum Gasteiger partial charge on any atom is 0.251 e. The van der Waals surface area contributed by atoms with Crippen molar-refractivity contribution in [1.29, 1.82) is 0 Å². The number of nitrogens with zero attached hydrogens (tertiary/aromatic N) is 1. The van der Waals surface area contributed by atoms with Crippen LogP contribution < -0.4 is 20.7 Å². The van der Waals surface area contributed by atoms with Gasteiger partial charge in [0.05, 0.1) is 7.11 Å². The molecule has 2 amide bonds. The largest absolute Gasteiger partial charge is 0.497 e. The smallest absolute Gasteiger partial charge is 0.251 e. The molecular formula is C22H34N4O3S. The molecule has 1 aromatic carbocycles. The van der Waals surface area contributed by atoms with Crippen molar-refractivity contribution < 1.29 is 14.3 Å². The molecule has 0 aliphatic carbocycles. The Bertz CT molecular complexity index is 716. The van der Waals surface area contributed by atoms with Crippen molar-refractivity contribution in [2.45, 2.75) is 39.7 Å². The molecule has 8 heteroatoms. The Balaban J connectivity index is 2.07. The lowest BCUT2D eigenvalue weighted by Crippen LogP contribution is -2.54. The SMILES string of the molecule is CCNC(=S)N1CCC([C@@H](NC(=O)c2ccc(OC)cc2)C(=O)NCC(C)C)CC1. The summed E-state index contributed by atoms with van der Waals surface area (Å²) in [4.78, 5) is 27.9. The molecule has 2 rings (SSSR count). The zero-order valence-electron chi connectivity index (χ0n) is 18.4. The van der Waals surface area contributed by atoms with Gasteiger partial charge in [-0.1, -0.05) is 13.8 Å². The third kappa shape index (κ3) is 6.86. The molecule has 166 valence electrons. The molecule has 1 aliphatic heterocycles. The minimum Gasteiger partial charge on any atom is -0.497 e. The fraction of sp³-hybridized carbons (Fsp3) is 0.591. The zero-order valence-corrected chi connectivity index (χ0v) is 19.2. The van der Waals surface area contributed by atoms with Gasteiger partial charge in [-0.3, -0.25) is 9.59 Å². The molecule has 3 N–H and O–H groups in total. The van der Waals surface area contributed by atoms with E-state index in [1.807, 2.05) is 20.8 Å². The molecule has 1 aliphatic rings. The Hall–Kier alpha value is -2.35. The molecule has 0 unspecified atom stereocenters. The van der Waals surface area contributed by atoms with E-state index in [0.717, 1.165) is 37.6 Å². The third-order valence-electron chi connectivity index (χ3n) is 5.23. The first-order valence-electron chi connectivity index (χ1n) is 10.6. The molecule has 1 fully saturated rings. The predicted molar refractivity (Wildman–Crippen MR) is 123 cm³/mol. The van der Waals surface area contributed by atoms with Crippen LogP contribution in [0.2, 0.25) is 0 Å². The van der Waals surface area contributed by atoms with Gasteiger partial charge in [0, 0.05) is 31.7 Å². The van der Waals surface area contributed by atoms with Gasteiger partial charge in [0.2, 0.25) is 5.91 Å². The van der Waals surface area contributed by atoms with Gasteiger partial charge >= 0.3 is 0 Å². The van der Waals surface area contributed by atoms with E-state index in [-0.39, 0.29) is 17.7 Å². The summed E-state index contributed by atoms with van der Waals surface area (Å²) in [5, 5.41) is 9.88. The summed E-state index contributed by atoms with van der Waals surface area (Å²) in [7, 11) is 1.58. The Morgan fingerprint density at radius 2 is 1.80 bits per heavy atom. The second-order valence-electron chi connectivity index (χ2n) is 7.98. The highest BCUT2D eigenvalue weighted by molar-refractivity contribution is 7.80. The normalized spacial score (nSPS) is 15.4. The summed E-state index contributed by atoms with van der Waals surface area (Å²) in [5.74, 6) is 0.694. The van der Waals surface area contributed by atoms with Crippen molar-refractivity contribution in [1.82, 2.24) is 20.9 Å². The number of methoxy groups -OCH3 is 1. The van der Waals surface area contributed by atoms with Crippen LogP contribution in [0.3, 0.4) is 0 Å². The van der Waals surface area contributed by atoms with E-state index in [1.54, 1.807) is 31.4 Å². The number of benzene rings is 1. The van der Waals surface area contributed by atoms with Crippen molar-refractivity contribution in [2.75, 3.05) is 33.3 Å². The number of likely N-dealkylation sites (tertiary alicyclic amines) is 1. The second kappa shape index (κ2) is 11.7. The van der Waals surface area contributed by atoms with Crippen LogP contribution in [0.1, 0.15) is 44.0 Å². The second-order valence-corrected chi connectivity index (χ2v) is 8.37. The fourth-order valence-electron chi connectivity index (χ4n) is 3.48. The quantitative estimate of drug-likeness (QED) is 0.544. The summed E-state index contributed by atoms with van der Waals surface area (Å²) >= 11 is 5.41. The molecule has 1 saturated heterocycles. The summed E-state index contributed by atoms with van der Waals surface area (Å²) in [6.45, 7) is 9.01. The van der Waals surface area contributed by atoms with Crippen molar-refractivity contribution in [3.63, 3.8) is 0 Å². The van der Waals surface area contributed by atoms with Crippen LogP contribution in [0.4, 0.5) is 0 Å². The number of ether oxygens (including phenoxy) is 1. The number of rotatable bonds is 8. The van der Waals surface area contributed by atoms with Crippen LogP contribution in [0, 0.1) is 11.8 Å². The molecule has 30 heavy (non-hydrogen) atoms. The maximum absolute atomic E-state index is 12.9. The summed E-state index contributed by atoms with van der Waals surface area (Å²) in [6.07, 6.45) is 1.57. The summed E-state index contributed by atoms with van der Waals surface area (Å²) in [5.41, 5.74) is 0.503. The first-order valence-corrected chi connectivity index (χ1v) is 11.0. The van der Waals surface area contributed by atoms with Crippen molar-refractivity contribution in [3.8, 4) is 5.75 Å². The Labute approximate surface area is 184 Å². The average molecular weight is 435 g/mol. The highest BCUT2D eigenvalue weighted by Crippen LogP contribution is 2.22. The minimum atomic E-state index is -0.576. The monoisotopic (exact) mass is 434 g/mol. The topological polar surface area (TPSA) is 82.7 Å². The maximum atomic E-state index is 12.9. The van der Waals surface area contributed by atoms with E-state index in [0.29, 0.717) is 23.8 Å². The predicted octanol–water partition coefficient (Wildman–Crippen LogP) is 2.17. The van der Waals surface area contributed by atoms with Crippen LogP contribution in [0.15, 0.2) is 24.3 Å². The zero-order chi connectivity index (χ0) is 22.1. The number of amides is 2. The van der Waals surface area contributed by atoms with Crippen LogP contribution in [0.5, 0.6) is 5.75 Å². The van der Waals surface area contributed by atoms with Crippen molar-refractivity contribution in [2.24, 2.45) is 11.8 Å². The number of hydrogen-bond donors (Lipinski definition) is 3. The third-order valence-corrected chi connectivity index (χ3v) is 5.63. The van der Waals surface area contributed by atoms with Gasteiger partial charge in [-0.25, -0.2) is 0 Å². The van der Waals surface area contributed by atoms with Gasteiger partial charge in [0.1, 0.15) is 11.8 Å². The highest BCUT2D eigenvalue weighted by atomic mass is 32.1. The average Bonchev–Trinajstić information content (AvgIpc) is 2.76. The van der Waals surface area contributed by atoms with Gasteiger partial charge in [0.25, 0.3) is 5.91 Å². The number of piperidine rings is 1. The molecule has 1 aromatic rings. The van der Waals surface area contributed by atoms with Crippen LogP contribution >= 0.6 is 12.2 Å². The fourth-order valence-corrected chi connectivity index (χ4v) is 3.80. The molecule has 1 atom stereocenters. The number of nitrogens with one attached hydrogen (secondary N) is 3. The Morgan fingerprint density at radius 3 is 2.33 bits per heavy atom. The minimum absolute atomic E-state index is 0.0556. The van der Waals surface area contributed by atoms with Crippen molar-refractivity contribution in [3.05, 3.63) is 29.8 Å². The number of hydrogen-bond acceptors (Lipinski definition) is 4. The van der Waals surface area contributed by atoms with Gasteiger partial charge < -0.3 is 25.6 Å². The highest BCUT2D eigenvalue weighted by Gasteiger charge is 2.33. The molecule has 7 nitrogen and oxygen atoms in total. The molecular weight excluding hydrogens is 400 g/mol. The van der Waals surface area contributed by atoms with Crippen LogP contribution in [0.25, 0.3) is 0 Å². The van der Waals surface area contributed by atoms with E-state index in [9.17, 15) is 9.59 Å².